The van der Waals surface area contributed by atoms with Gasteiger partial charge in [-0.05, 0) is 30.3 Å². The average molecular weight is 373 g/mol. The molecule has 0 spiro atoms. The summed E-state index contributed by atoms with van der Waals surface area (Å²) in [6.07, 6.45) is 0. The van der Waals surface area contributed by atoms with Crippen molar-refractivity contribution in [1.29, 1.82) is 0 Å². The maximum absolute atomic E-state index is 12.0. The second-order valence-corrected chi connectivity index (χ2v) is 7.93. The second kappa shape index (κ2) is 7.22. The number of carbonyl (C=O) groups excluding carboxylic acids is 1. The molecule has 0 radical (unpaired) electrons. The zero-order valence-electron chi connectivity index (χ0n) is 11.7. The van der Waals surface area contributed by atoms with Gasteiger partial charge in [0.1, 0.15) is 10.6 Å². The fourth-order valence-corrected chi connectivity index (χ4v) is 3.81. The lowest BCUT2D eigenvalue weighted by Crippen LogP contribution is -2.20. The van der Waals surface area contributed by atoms with Crippen LogP contribution in [0.3, 0.4) is 0 Å². The Morgan fingerprint density at radius 3 is 2.39 bits per heavy atom. The summed E-state index contributed by atoms with van der Waals surface area (Å²) in [6.45, 7) is 0. The Hall–Kier alpha value is -1.74. The quantitative estimate of drug-likeness (QED) is 0.833. The van der Waals surface area contributed by atoms with Gasteiger partial charge in [0.25, 0.3) is 0 Å². The molecule has 0 bridgehead atoms. The topological polar surface area (TPSA) is 106 Å². The number of primary sulfonamides is 1. The molecule has 6 nitrogen and oxygen atoms in total. The summed E-state index contributed by atoms with van der Waals surface area (Å²) in [7, 11) is -5.40. The van der Waals surface area contributed by atoms with Gasteiger partial charge in [-0.1, -0.05) is 29.8 Å². The number of anilines is 1. The predicted octanol–water partition coefficient (Wildman–Crippen LogP) is 1.73. The van der Waals surface area contributed by atoms with Gasteiger partial charge in [0, 0.05) is 10.6 Å². The van der Waals surface area contributed by atoms with Crippen molar-refractivity contribution in [1.82, 2.24) is 0 Å². The molecule has 0 heterocycles. The van der Waals surface area contributed by atoms with Gasteiger partial charge in [0.05, 0.1) is 15.8 Å². The van der Waals surface area contributed by atoms with E-state index in [2.05, 4.69) is 5.32 Å². The van der Waals surface area contributed by atoms with Crippen LogP contribution in [0.25, 0.3) is 0 Å². The van der Waals surface area contributed by atoms with E-state index in [1.807, 2.05) is 0 Å². The highest BCUT2D eigenvalue weighted by Gasteiger charge is 2.15. The number of halogens is 1. The molecule has 2 aromatic carbocycles. The molecular formula is C14H13ClN2O4S2. The lowest BCUT2D eigenvalue weighted by Gasteiger charge is -2.08. The number of nitrogens with two attached hydrogens (primary N) is 1. The van der Waals surface area contributed by atoms with Crippen molar-refractivity contribution in [3.05, 3.63) is 53.6 Å². The van der Waals surface area contributed by atoms with Crippen molar-refractivity contribution < 1.29 is 17.4 Å². The summed E-state index contributed by atoms with van der Waals surface area (Å²) in [5, 5.41) is 7.41. The van der Waals surface area contributed by atoms with E-state index in [0.29, 0.717) is 4.90 Å². The third-order valence-electron chi connectivity index (χ3n) is 2.79. The van der Waals surface area contributed by atoms with Crippen molar-refractivity contribution in [3.63, 3.8) is 0 Å². The van der Waals surface area contributed by atoms with E-state index < -0.39 is 26.7 Å². The molecule has 0 aromatic heterocycles. The first kappa shape index (κ1) is 17.6. The summed E-state index contributed by atoms with van der Waals surface area (Å²) in [5.41, 5.74) is 0.289. The molecule has 122 valence electrons. The van der Waals surface area contributed by atoms with E-state index in [-0.39, 0.29) is 21.4 Å². The minimum Gasteiger partial charge on any atom is -0.325 e. The lowest BCUT2D eigenvalue weighted by atomic mass is 10.3. The third-order valence-corrected chi connectivity index (χ3v) is 5.51. The van der Waals surface area contributed by atoms with Crippen LogP contribution in [0.5, 0.6) is 0 Å². The third kappa shape index (κ3) is 4.87. The van der Waals surface area contributed by atoms with Crippen LogP contribution < -0.4 is 10.5 Å². The Labute approximate surface area is 141 Å². The van der Waals surface area contributed by atoms with E-state index in [9.17, 15) is 17.4 Å². The first-order chi connectivity index (χ1) is 10.8. The normalized spacial score (nSPS) is 12.6. The Balaban J connectivity index is 2.06. The van der Waals surface area contributed by atoms with Crippen LogP contribution in [-0.2, 0) is 25.6 Å². The van der Waals surface area contributed by atoms with Crippen LogP contribution in [-0.4, -0.2) is 24.3 Å². The number of sulfonamides is 1. The molecule has 1 unspecified atom stereocenters. The smallest absolute Gasteiger partial charge is 0.239 e. The van der Waals surface area contributed by atoms with Crippen LogP contribution >= 0.6 is 11.6 Å². The molecule has 1 atom stereocenters. The standard InChI is InChI=1S/C14H13ClN2O4S2/c15-12-8-10(6-7-13(12)23(16,20)21)17-14(18)9-22(19)11-4-2-1-3-5-11/h1-8H,9H2,(H,17,18)(H2,16,20,21). The zero-order chi connectivity index (χ0) is 17.0. The van der Waals surface area contributed by atoms with Crippen LogP contribution in [0.15, 0.2) is 58.3 Å². The van der Waals surface area contributed by atoms with E-state index in [1.54, 1.807) is 30.3 Å². The second-order valence-electron chi connectivity index (χ2n) is 4.54. The van der Waals surface area contributed by atoms with E-state index in [0.717, 1.165) is 0 Å². The SMILES string of the molecule is NS(=O)(=O)c1ccc(NC(=O)CS(=O)c2ccccc2)cc1Cl. The first-order valence-electron chi connectivity index (χ1n) is 6.33. The highest BCUT2D eigenvalue weighted by atomic mass is 35.5. The Morgan fingerprint density at radius 1 is 1.17 bits per heavy atom. The van der Waals surface area contributed by atoms with Crippen LogP contribution in [0.4, 0.5) is 5.69 Å². The molecule has 1 amide bonds. The van der Waals surface area contributed by atoms with E-state index in [1.165, 1.54) is 18.2 Å². The van der Waals surface area contributed by atoms with Gasteiger partial charge >= 0.3 is 0 Å². The molecule has 0 aliphatic heterocycles. The van der Waals surface area contributed by atoms with Crippen molar-refractivity contribution in [3.8, 4) is 0 Å². The predicted molar refractivity (Wildman–Crippen MR) is 89.2 cm³/mol. The highest BCUT2D eigenvalue weighted by Crippen LogP contribution is 2.24. The molecule has 0 saturated carbocycles. The molecule has 0 fully saturated rings. The van der Waals surface area contributed by atoms with Gasteiger partial charge in [0.15, 0.2) is 0 Å². The number of nitrogens with one attached hydrogen (secondary N) is 1. The number of amides is 1. The summed E-state index contributed by atoms with van der Waals surface area (Å²) in [4.78, 5) is 12.2. The van der Waals surface area contributed by atoms with Gasteiger partial charge in [-0.3, -0.25) is 9.00 Å². The van der Waals surface area contributed by atoms with E-state index >= 15 is 0 Å². The van der Waals surface area contributed by atoms with Crippen LogP contribution in [0, 0.1) is 0 Å². The highest BCUT2D eigenvalue weighted by molar-refractivity contribution is 7.89. The Bertz CT molecular complexity index is 854. The summed E-state index contributed by atoms with van der Waals surface area (Å²) in [5.74, 6) is -0.704. The molecule has 0 saturated heterocycles. The molecule has 9 heteroatoms. The molecule has 0 aliphatic rings. The van der Waals surface area contributed by atoms with Gasteiger partial charge in [-0.2, -0.15) is 0 Å². The van der Waals surface area contributed by atoms with Crippen LogP contribution in [0.2, 0.25) is 5.02 Å². The van der Waals surface area contributed by atoms with Gasteiger partial charge in [0.2, 0.25) is 15.9 Å². The first-order valence-corrected chi connectivity index (χ1v) is 9.57. The summed E-state index contributed by atoms with van der Waals surface area (Å²) < 4.78 is 34.5. The van der Waals surface area contributed by atoms with Gasteiger partial charge in [-0.15, -0.1) is 0 Å². The number of carbonyl (C=O) groups is 1. The molecule has 2 rings (SSSR count). The van der Waals surface area contributed by atoms with Crippen molar-refractivity contribution in [2.45, 2.75) is 9.79 Å². The average Bonchev–Trinajstić information content (AvgIpc) is 2.46. The van der Waals surface area contributed by atoms with Gasteiger partial charge in [-0.25, -0.2) is 13.6 Å². The zero-order valence-corrected chi connectivity index (χ0v) is 14.1. The monoisotopic (exact) mass is 372 g/mol. The van der Waals surface area contributed by atoms with Crippen molar-refractivity contribution in [2.75, 3.05) is 11.1 Å². The maximum atomic E-state index is 12.0. The summed E-state index contributed by atoms with van der Waals surface area (Å²) in [6, 6.07) is 12.4. The van der Waals surface area contributed by atoms with Crippen molar-refractivity contribution >= 4 is 44.0 Å². The van der Waals surface area contributed by atoms with E-state index in [4.69, 9.17) is 16.7 Å². The summed E-state index contributed by atoms with van der Waals surface area (Å²) >= 11 is 5.83. The molecular weight excluding hydrogens is 360 g/mol. The minimum absolute atomic E-state index is 0.102. The van der Waals surface area contributed by atoms with Crippen LogP contribution in [0.1, 0.15) is 0 Å². The van der Waals surface area contributed by atoms with Gasteiger partial charge < -0.3 is 5.32 Å². The Morgan fingerprint density at radius 2 is 1.83 bits per heavy atom. The number of hydrogen-bond donors (Lipinski definition) is 2. The fraction of sp³-hybridized carbons (Fsp3) is 0.0714. The Kier molecular flexibility index (Phi) is 5.53. The molecule has 0 aliphatic carbocycles. The lowest BCUT2D eigenvalue weighted by molar-refractivity contribution is -0.113. The van der Waals surface area contributed by atoms with Crippen molar-refractivity contribution in [2.24, 2.45) is 5.14 Å². The number of hydrogen-bond acceptors (Lipinski definition) is 4. The molecule has 2 aromatic rings. The number of rotatable bonds is 5. The molecule has 3 N–H and O–H groups in total. The molecule has 23 heavy (non-hydrogen) atoms. The maximum Gasteiger partial charge on any atom is 0.239 e. The minimum atomic E-state index is -3.93. The fourth-order valence-electron chi connectivity index (χ4n) is 1.78. The number of benzene rings is 2. The largest absolute Gasteiger partial charge is 0.325 e.